The maximum atomic E-state index is 5.96. The Labute approximate surface area is 126 Å². The molecule has 0 fully saturated rings. The van der Waals surface area contributed by atoms with Crippen molar-refractivity contribution in [1.29, 1.82) is 0 Å². The van der Waals surface area contributed by atoms with Crippen LogP contribution in [0.4, 0.5) is 5.82 Å². The van der Waals surface area contributed by atoms with Crippen LogP contribution in [0.25, 0.3) is 11.1 Å². The van der Waals surface area contributed by atoms with E-state index in [1.165, 1.54) is 30.4 Å². The predicted octanol–water partition coefficient (Wildman–Crippen LogP) is 3.70. The summed E-state index contributed by atoms with van der Waals surface area (Å²) in [5, 5.41) is 6.80. The molecule has 3 rings (SSSR count). The Morgan fingerprint density at radius 3 is 2.75 bits per heavy atom. The SMILES string of the molecule is COc1c(-c2cn[nH]c2N)cc2c(c1Br)CCCCC2. The van der Waals surface area contributed by atoms with Gasteiger partial charge in [0.25, 0.3) is 0 Å². The van der Waals surface area contributed by atoms with Crippen molar-refractivity contribution in [2.75, 3.05) is 12.8 Å². The van der Waals surface area contributed by atoms with E-state index in [1.807, 2.05) is 0 Å². The van der Waals surface area contributed by atoms with Crippen LogP contribution in [0.1, 0.15) is 30.4 Å². The monoisotopic (exact) mass is 335 g/mol. The lowest BCUT2D eigenvalue weighted by Crippen LogP contribution is -1.99. The number of nitrogens with two attached hydrogens (primary N) is 1. The summed E-state index contributed by atoms with van der Waals surface area (Å²) in [6.45, 7) is 0. The van der Waals surface area contributed by atoms with Gasteiger partial charge in [0, 0.05) is 11.1 Å². The third-order valence-corrected chi connectivity index (χ3v) is 4.79. The van der Waals surface area contributed by atoms with Gasteiger partial charge < -0.3 is 10.5 Å². The summed E-state index contributed by atoms with van der Waals surface area (Å²) in [6.07, 6.45) is 7.74. The summed E-state index contributed by atoms with van der Waals surface area (Å²) < 4.78 is 6.68. The maximum absolute atomic E-state index is 5.96. The highest BCUT2D eigenvalue weighted by molar-refractivity contribution is 9.10. The average Bonchev–Trinajstić information content (AvgIpc) is 2.73. The molecule has 5 heteroatoms. The number of nitrogens with zero attached hydrogens (tertiary/aromatic N) is 1. The van der Waals surface area contributed by atoms with Crippen molar-refractivity contribution in [2.45, 2.75) is 32.1 Å². The number of H-pyrrole nitrogens is 1. The van der Waals surface area contributed by atoms with E-state index < -0.39 is 0 Å². The smallest absolute Gasteiger partial charge is 0.141 e. The Kier molecular flexibility index (Phi) is 3.70. The molecule has 1 aromatic heterocycles. The highest BCUT2D eigenvalue weighted by Crippen LogP contribution is 2.43. The first-order valence-electron chi connectivity index (χ1n) is 6.89. The van der Waals surface area contributed by atoms with Crippen LogP contribution in [0.3, 0.4) is 0 Å². The molecule has 106 valence electrons. The number of halogens is 1. The molecule has 4 nitrogen and oxygen atoms in total. The molecule has 1 aromatic carbocycles. The molecule has 1 aliphatic rings. The van der Waals surface area contributed by atoms with E-state index in [2.05, 4.69) is 32.2 Å². The third kappa shape index (κ3) is 2.20. The van der Waals surface area contributed by atoms with E-state index >= 15 is 0 Å². The van der Waals surface area contributed by atoms with Crippen LogP contribution in [0, 0.1) is 0 Å². The number of nitrogen functional groups attached to an aromatic ring is 1. The Hall–Kier alpha value is -1.49. The topological polar surface area (TPSA) is 63.9 Å². The fourth-order valence-electron chi connectivity index (χ4n) is 2.92. The Bertz CT molecular complexity index is 636. The van der Waals surface area contributed by atoms with Crippen LogP contribution in [-0.2, 0) is 12.8 Å². The van der Waals surface area contributed by atoms with Crippen LogP contribution >= 0.6 is 15.9 Å². The second-order valence-corrected chi connectivity index (χ2v) is 5.96. The fraction of sp³-hybridized carbons (Fsp3) is 0.400. The minimum atomic E-state index is 0.573. The Balaban J connectivity index is 2.22. The van der Waals surface area contributed by atoms with Gasteiger partial charge in [-0.2, -0.15) is 5.10 Å². The standard InChI is InChI=1S/C15H18BrN3O/c1-20-14-11(12-8-18-19-15(12)17)7-9-5-3-2-4-6-10(9)13(14)16/h7-8H,2-6H2,1H3,(H3,17,18,19). The number of nitrogens with one attached hydrogen (secondary N) is 1. The van der Waals surface area contributed by atoms with E-state index in [9.17, 15) is 0 Å². The minimum Gasteiger partial charge on any atom is -0.495 e. The molecular weight excluding hydrogens is 318 g/mol. The van der Waals surface area contributed by atoms with Crippen molar-refractivity contribution in [3.63, 3.8) is 0 Å². The van der Waals surface area contributed by atoms with Gasteiger partial charge >= 0.3 is 0 Å². The number of hydrogen-bond acceptors (Lipinski definition) is 3. The lowest BCUT2D eigenvalue weighted by atomic mass is 9.96. The molecule has 0 saturated heterocycles. The normalized spacial score (nSPS) is 14.7. The number of aromatic nitrogens is 2. The number of hydrogen-bond donors (Lipinski definition) is 2. The molecule has 1 aliphatic carbocycles. The zero-order valence-corrected chi connectivity index (χ0v) is 13.1. The molecule has 0 unspecified atom stereocenters. The van der Waals surface area contributed by atoms with Gasteiger partial charge in [-0.15, -0.1) is 0 Å². The van der Waals surface area contributed by atoms with Crippen molar-refractivity contribution < 1.29 is 4.74 Å². The molecule has 0 radical (unpaired) electrons. The van der Waals surface area contributed by atoms with Crippen molar-refractivity contribution >= 4 is 21.7 Å². The van der Waals surface area contributed by atoms with E-state index in [4.69, 9.17) is 10.5 Å². The number of methoxy groups -OCH3 is 1. The van der Waals surface area contributed by atoms with Gasteiger partial charge in [0.2, 0.25) is 0 Å². The second kappa shape index (κ2) is 5.48. The number of rotatable bonds is 2. The van der Waals surface area contributed by atoms with Gasteiger partial charge in [-0.1, -0.05) is 6.42 Å². The van der Waals surface area contributed by atoms with Crippen LogP contribution < -0.4 is 10.5 Å². The lowest BCUT2D eigenvalue weighted by molar-refractivity contribution is 0.413. The first kappa shape index (κ1) is 13.5. The van der Waals surface area contributed by atoms with Gasteiger partial charge in [-0.3, -0.25) is 5.10 Å². The predicted molar refractivity (Wildman–Crippen MR) is 83.9 cm³/mol. The number of benzene rings is 1. The van der Waals surface area contributed by atoms with Crippen molar-refractivity contribution in [3.8, 4) is 16.9 Å². The summed E-state index contributed by atoms with van der Waals surface area (Å²) in [7, 11) is 1.70. The lowest BCUT2D eigenvalue weighted by Gasteiger charge is -2.17. The van der Waals surface area contributed by atoms with Crippen molar-refractivity contribution in [2.24, 2.45) is 0 Å². The van der Waals surface area contributed by atoms with Crippen molar-refractivity contribution in [3.05, 3.63) is 27.9 Å². The van der Waals surface area contributed by atoms with Gasteiger partial charge in [0.05, 0.1) is 17.8 Å². The molecular formula is C15H18BrN3O. The molecule has 0 aliphatic heterocycles. The molecule has 0 atom stereocenters. The zero-order valence-electron chi connectivity index (χ0n) is 11.5. The largest absolute Gasteiger partial charge is 0.495 e. The first-order valence-corrected chi connectivity index (χ1v) is 7.69. The molecule has 0 bridgehead atoms. The highest BCUT2D eigenvalue weighted by atomic mass is 79.9. The van der Waals surface area contributed by atoms with Gasteiger partial charge in [-0.25, -0.2) is 0 Å². The molecule has 0 spiro atoms. The summed E-state index contributed by atoms with van der Waals surface area (Å²) in [4.78, 5) is 0. The highest BCUT2D eigenvalue weighted by Gasteiger charge is 2.21. The van der Waals surface area contributed by atoms with E-state index in [0.29, 0.717) is 5.82 Å². The summed E-state index contributed by atoms with van der Waals surface area (Å²) in [6, 6.07) is 2.21. The molecule has 1 heterocycles. The molecule has 0 amide bonds. The van der Waals surface area contributed by atoms with E-state index in [-0.39, 0.29) is 0 Å². The van der Waals surface area contributed by atoms with Gasteiger partial charge in [-0.05, 0) is 58.8 Å². The van der Waals surface area contributed by atoms with E-state index in [1.54, 1.807) is 13.3 Å². The molecule has 3 N–H and O–H groups in total. The van der Waals surface area contributed by atoms with E-state index in [0.717, 1.165) is 34.2 Å². The minimum absolute atomic E-state index is 0.573. The average molecular weight is 336 g/mol. The van der Waals surface area contributed by atoms with Crippen molar-refractivity contribution in [1.82, 2.24) is 10.2 Å². The maximum Gasteiger partial charge on any atom is 0.141 e. The number of fused-ring (bicyclic) bond motifs is 1. The summed E-state index contributed by atoms with van der Waals surface area (Å²) in [5.41, 5.74) is 10.6. The van der Waals surface area contributed by atoms with Crippen LogP contribution in [0.15, 0.2) is 16.7 Å². The first-order chi connectivity index (χ1) is 9.72. The summed E-state index contributed by atoms with van der Waals surface area (Å²) in [5.74, 6) is 1.42. The summed E-state index contributed by atoms with van der Waals surface area (Å²) >= 11 is 3.73. The fourth-order valence-corrected chi connectivity index (χ4v) is 3.75. The number of aromatic amines is 1. The van der Waals surface area contributed by atoms with Gasteiger partial charge in [0.15, 0.2) is 0 Å². The third-order valence-electron chi connectivity index (χ3n) is 3.95. The number of ether oxygens (including phenoxy) is 1. The van der Waals surface area contributed by atoms with Crippen LogP contribution in [0.5, 0.6) is 5.75 Å². The molecule has 2 aromatic rings. The zero-order chi connectivity index (χ0) is 14.1. The second-order valence-electron chi connectivity index (χ2n) is 5.17. The molecule has 0 saturated carbocycles. The quantitative estimate of drug-likeness (QED) is 0.822. The number of anilines is 1. The number of aryl methyl sites for hydroxylation is 1. The Morgan fingerprint density at radius 1 is 1.25 bits per heavy atom. The van der Waals surface area contributed by atoms with Crippen LogP contribution in [-0.4, -0.2) is 17.3 Å². The Morgan fingerprint density at radius 2 is 2.05 bits per heavy atom. The van der Waals surface area contributed by atoms with Gasteiger partial charge in [0.1, 0.15) is 11.6 Å². The molecule has 20 heavy (non-hydrogen) atoms. The van der Waals surface area contributed by atoms with Crippen LogP contribution in [0.2, 0.25) is 0 Å².